The minimum atomic E-state index is 0.439. The maximum atomic E-state index is 5.20. The van der Waals surface area contributed by atoms with Gasteiger partial charge in [0.05, 0.1) is 6.61 Å². The first-order valence-electron chi connectivity index (χ1n) is 5.89. The van der Waals surface area contributed by atoms with E-state index in [4.69, 9.17) is 4.74 Å². The zero-order chi connectivity index (χ0) is 11.8. The van der Waals surface area contributed by atoms with Crippen LogP contribution in [0.15, 0.2) is 18.5 Å². The lowest BCUT2D eigenvalue weighted by Gasteiger charge is -2.17. The Morgan fingerprint density at radius 2 is 2.31 bits per heavy atom. The molecule has 0 amide bonds. The van der Waals surface area contributed by atoms with Crippen molar-refractivity contribution in [1.29, 1.82) is 0 Å². The Hall–Kier alpha value is -0.930. The predicted molar refractivity (Wildman–Crippen MR) is 66.4 cm³/mol. The van der Waals surface area contributed by atoms with Gasteiger partial charge in [-0.25, -0.2) is 0 Å². The van der Waals surface area contributed by atoms with Gasteiger partial charge >= 0.3 is 0 Å². The topological polar surface area (TPSA) is 34.1 Å². The lowest BCUT2D eigenvalue weighted by atomic mass is 10.1. The third-order valence-electron chi connectivity index (χ3n) is 2.73. The number of hydrogen-bond acceptors (Lipinski definition) is 3. The van der Waals surface area contributed by atoms with Gasteiger partial charge in [-0.05, 0) is 30.5 Å². The second-order valence-electron chi connectivity index (χ2n) is 4.12. The molecule has 1 aromatic rings. The first kappa shape index (κ1) is 13.1. The van der Waals surface area contributed by atoms with Crippen LogP contribution in [-0.2, 0) is 11.3 Å². The largest absolute Gasteiger partial charge is 0.383 e. The first-order valence-corrected chi connectivity index (χ1v) is 5.89. The molecule has 0 radical (unpaired) electrons. The minimum absolute atomic E-state index is 0.439. The number of methoxy groups -OCH3 is 1. The molecule has 1 atom stereocenters. The number of pyridine rings is 1. The molecule has 1 unspecified atom stereocenters. The van der Waals surface area contributed by atoms with Crippen LogP contribution in [0, 0.1) is 6.92 Å². The molecule has 1 N–H and O–H groups in total. The number of aromatic nitrogens is 1. The Balaban J connectivity index is 2.45. The van der Waals surface area contributed by atoms with Gasteiger partial charge in [-0.15, -0.1) is 0 Å². The predicted octanol–water partition coefficient (Wildman–Crippen LogP) is 2.29. The van der Waals surface area contributed by atoms with Crippen molar-refractivity contribution in [2.24, 2.45) is 0 Å². The van der Waals surface area contributed by atoms with E-state index in [1.54, 1.807) is 7.11 Å². The number of nitrogens with one attached hydrogen (secondary N) is 1. The molecule has 3 heteroatoms. The molecular formula is C13H22N2O. The van der Waals surface area contributed by atoms with Crippen LogP contribution in [0.4, 0.5) is 0 Å². The monoisotopic (exact) mass is 222 g/mol. The van der Waals surface area contributed by atoms with Gasteiger partial charge in [-0.2, -0.15) is 0 Å². The Morgan fingerprint density at radius 3 is 2.94 bits per heavy atom. The highest BCUT2D eigenvalue weighted by molar-refractivity contribution is 5.21. The van der Waals surface area contributed by atoms with E-state index in [0.717, 1.165) is 19.6 Å². The van der Waals surface area contributed by atoms with Crippen molar-refractivity contribution in [3.05, 3.63) is 29.6 Å². The molecule has 1 rings (SSSR count). The summed E-state index contributed by atoms with van der Waals surface area (Å²) >= 11 is 0. The van der Waals surface area contributed by atoms with E-state index in [1.165, 1.54) is 17.5 Å². The Bertz CT molecular complexity index is 296. The van der Waals surface area contributed by atoms with Crippen LogP contribution in [0.5, 0.6) is 0 Å². The highest BCUT2D eigenvalue weighted by atomic mass is 16.5. The quantitative estimate of drug-likeness (QED) is 0.768. The van der Waals surface area contributed by atoms with Gasteiger partial charge in [0, 0.05) is 32.1 Å². The van der Waals surface area contributed by atoms with Crippen molar-refractivity contribution < 1.29 is 4.74 Å². The number of ether oxygens (including phenoxy) is 1. The van der Waals surface area contributed by atoms with Gasteiger partial charge in [-0.3, -0.25) is 4.98 Å². The average molecular weight is 222 g/mol. The van der Waals surface area contributed by atoms with E-state index in [2.05, 4.69) is 24.1 Å². The number of rotatable bonds is 7. The molecule has 0 aromatic carbocycles. The fourth-order valence-electron chi connectivity index (χ4n) is 1.73. The van der Waals surface area contributed by atoms with Crippen LogP contribution >= 0.6 is 0 Å². The molecule has 0 saturated heterocycles. The van der Waals surface area contributed by atoms with Gasteiger partial charge in [0.25, 0.3) is 0 Å². The van der Waals surface area contributed by atoms with Gasteiger partial charge in [0.15, 0.2) is 0 Å². The lowest BCUT2D eigenvalue weighted by Crippen LogP contribution is -2.32. The van der Waals surface area contributed by atoms with Crippen LogP contribution in [0.25, 0.3) is 0 Å². The minimum Gasteiger partial charge on any atom is -0.383 e. The molecule has 1 heterocycles. The van der Waals surface area contributed by atoms with Crippen molar-refractivity contribution in [2.45, 2.75) is 39.3 Å². The molecular weight excluding hydrogens is 200 g/mol. The Morgan fingerprint density at radius 1 is 1.50 bits per heavy atom. The van der Waals surface area contributed by atoms with Crippen LogP contribution in [0.1, 0.15) is 30.9 Å². The van der Waals surface area contributed by atoms with Gasteiger partial charge in [0.2, 0.25) is 0 Å². The Kier molecular flexibility index (Phi) is 6.04. The average Bonchev–Trinajstić information content (AvgIpc) is 2.28. The summed E-state index contributed by atoms with van der Waals surface area (Å²) in [6, 6.07) is 2.48. The summed E-state index contributed by atoms with van der Waals surface area (Å²) in [7, 11) is 1.75. The summed E-state index contributed by atoms with van der Waals surface area (Å²) in [6.07, 6.45) is 6.08. The zero-order valence-electron chi connectivity index (χ0n) is 10.5. The standard InChI is InChI=1S/C13H22N2O/c1-4-5-13(10-16-3)15-9-12-8-14-7-6-11(12)2/h6-8,13,15H,4-5,9-10H2,1-3H3. The third kappa shape index (κ3) is 4.29. The molecule has 0 aliphatic carbocycles. The molecule has 0 saturated carbocycles. The molecule has 0 aliphatic rings. The molecule has 3 nitrogen and oxygen atoms in total. The van der Waals surface area contributed by atoms with Crippen molar-refractivity contribution in [3.8, 4) is 0 Å². The maximum absolute atomic E-state index is 5.20. The third-order valence-corrected chi connectivity index (χ3v) is 2.73. The van der Waals surface area contributed by atoms with E-state index in [-0.39, 0.29) is 0 Å². The van der Waals surface area contributed by atoms with Crippen molar-refractivity contribution in [1.82, 2.24) is 10.3 Å². The molecule has 16 heavy (non-hydrogen) atoms. The van der Waals surface area contributed by atoms with E-state index < -0.39 is 0 Å². The first-order chi connectivity index (χ1) is 7.77. The zero-order valence-corrected chi connectivity index (χ0v) is 10.5. The molecule has 0 spiro atoms. The SMILES string of the molecule is CCCC(COC)NCc1cnccc1C. The summed E-state index contributed by atoms with van der Waals surface area (Å²) in [5, 5.41) is 3.51. The number of hydrogen-bond donors (Lipinski definition) is 1. The van der Waals surface area contributed by atoms with Gasteiger partial charge < -0.3 is 10.1 Å². The summed E-state index contributed by atoms with van der Waals surface area (Å²) in [6.45, 7) is 5.95. The van der Waals surface area contributed by atoms with Crippen LogP contribution in [-0.4, -0.2) is 24.7 Å². The van der Waals surface area contributed by atoms with E-state index in [1.807, 2.05) is 18.5 Å². The highest BCUT2D eigenvalue weighted by Gasteiger charge is 2.07. The fraction of sp³-hybridized carbons (Fsp3) is 0.615. The summed E-state index contributed by atoms with van der Waals surface area (Å²) in [4.78, 5) is 4.14. The van der Waals surface area contributed by atoms with E-state index in [0.29, 0.717) is 6.04 Å². The van der Waals surface area contributed by atoms with E-state index >= 15 is 0 Å². The van der Waals surface area contributed by atoms with Crippen LogP contribution in [0.2, 0.25) is 0 Å². The lowest BCUT2D eigenvalue weighted by molar-refractivity contribution is 0.161. The van der Waals surface area contributed by atoms with Crippen molar-refractivity contribution >= 4 is 0 Å². The van der Waals surface area contributed by atoms with Crippen molar-refractivity contribution in [2.75, 3.05) is 13.7 Å². The second kappa shape index (κ2) is 7.36. The van der Waals surface area contributed by atoms with Gasteiger partial charge in [0.1, 0.15) is 0 Å². The maximum Gasteiger partial charge on any atom is 0.0615 e. The van der Waals surface area contributed by atoms with Crippen molar-refractivity contribution in [3.63, 3.8) is 0 Å². The summed E-state index contributed by atoms with van der Waals surface area (Å²) in [5.74, 6) is 0. The smallest absolute Gasteiger partial charge is 0.0615 e. The highest BCUT2D eigenvalue weighted by Crippen LogP contribution is 2.06. The normalized spacial score (nSPS) is 12.7. The summed E-state index contributed by atoms with van der Waals surface area (Å²) < 4.78 is 5.20. The fourth-order valence-corrected chi connectivity index (χ4v) is 1.73. The molecule has 90 valence electrons. The molecule has 1 aromatic heterocycles. The molecule has 0 bridgehead atoms. The van der Waals surface area contributed by atoms with E-state index in [9.17, 15) is 0 Å². The summed E-state index contributed by atoms with van der Waals surface area (Å²) in [5.41, 5.74) is 2.55. The van der Waals surface area contributed by atoms with Crippen LogP contribution in [0.3, 0.4) is 0 Å². The van der Waals surface area contributed by atoms with Gasteiger partial charge in [-0.1, -0.05) is 13.3 Å². The molecule has 0 aliphatic heterocycles. The second-order valence-corrected chi connectivity index (χ2v) is 4.12. The Labute approximate surface area is 98.2 Å². The number of aryl methyl sites for hydroxylation is 1. The van der Waals surface area contributed by atoms with Crippen LogP contribution < -0.4 is 5.32 Å². The molecule has 0 fully saturated rings. The number of nitrogens with zero attached hydrogens (tertiary/aromatic N) is 1.